The van der Waals surface area contributed by atoms with Gasteiger partial charge in [-0.1, -0.05) is 56.7 Å². The van der Waals surface area contributed by atoms with Gasteiger partial charge in [0, 0.05) is 0 Å². The summed E-state index contributed by atoms with van der Waals surface area (Å²) in [5.74, 6) is 0. The van der Waals surface area contributed by atoms with Crippen molar-refractivity contribution in [1.82, 2.24) is 0 Å². The third-order valence-corrected chi connectivity index (χ3v) is 0.810. The van der Waals surface area contributed by atoms with Crippen LogP contribution in [0, 0.1) is 0 Å². The lowest BCUT2D eigenvalue weighted by atomic mass is 10.2. The van der Waals surface area contributed by atoms with Crippen LogP contribution in [0.3, 0.4) is 0 Å². The summed E-state index contributed by atoms with van der Waals surface area (Å²) in [5, 5.41) is 0. The molecule has 0 rings (SSSR count). The first-order chi connectivity index (χ1) is 5.22. The molecule has 0 spiro atoms. The van der Waals surface area contributed by atoms with E-state index < -0.39 is 0 Å². The van der Waals surface area contributed by atoms with E-state index in [1.54, 1.807) is 6.08 Å². The van der Waals surface area contributed by atoms with Crippen molar-refractivity contribution in [2.75, 3.05) is 0 Å². The second-order valence-electron chi connectivity index (χ2n) is 2.35. The molecule has 0 bridgehead atoms. The maximum absolute atomic E-state index is 3.57. The van der Waals surface area contributed by atoms with Gasteiger partial charge in [-0.05, 0) is 13.8 Å². The molecule has 0 aromatic rings. The summed E-state index contributed by atoms with van der Waals surface area (Å²) in [6.45, 7) is 11.9. The Kier molecular flexibility index (Phi) is 14.0. The van der Waals surface area contributed by atoms with E-state index in [2.05, 4.69) is 20.4 Å². The van der Waals surface area contributed by atoms with Crippen molar-refractivity contribution < 1.29 is 0 Å². The van der Waals surface area contributed by atoms with E-state index in [4.69, 9.17) is 0 Å². The van der Waals surface area contributed by atoms with Gasteiger partial charge in [0.15, 0.2) is 0 Å². The van der Waals surface area contributed by atoms with Crippen molar-refractivity contribution in [3.63, 3.8) is 0 Å². The molecule has 0 aromatic carbocycles. The minimum absolute atomic E-state index is 1.24. The number of hydrogen-bond donors (Lipinski definition) is 0. The zero-order chi connectivity index (χ0) is 9.11. The molecule has 0 saturated carbocycles. The largest absolute Gasteiger partial charge is 0.0991 e. The lowest BCUT2D eigenvalue weighted by Crippen LogP contribution is -1.61. The quantitative estimate of drug-likeness (QED) is 0.522. The summed E-state index contributed by atoms with van der Waals surface area (Å²) in [5.41, 5.74) is 1.24. The van der Waals surface area contributed by atoms with Gasteiger partial charge in [-0.15, -0.1) is 0 Å². The molecule has 11 heavy (non-hydrogen) atoms. The Morgan fingerprint density at radius 1 is 1.36 bits per heavy atom. The number of rotatable bonds is 2. The van der Waals surface area contributed by atoms with Gasteiger partial charge in [0.1, 0.15) is 0 Å². The highest BCUT2D eigenvalue weighted by molar-refractivity contribution is 5.19. The minimum atomic E-state index is 1.24. The van der Waals surface area contributed by atoms with E-state index in [0.29, 0.717) is 0 Å². The lowest BCUT2D eigenvalue weighted by molar-refractivity contribution is 1.09. The van der Waals surface area contributed by atoms with Crippen LogP contribution in [-0.2, 0) is 0 Å². The van der Waals surface area contributed by atoms with Crippen LogP contribution < -0.4 is 0 Å². The van der Waals surface area contributed by atoms with Crippen molar-refractivity contribution in [3.05, 3.63) is 36.5 Å². The highest BCUT2D eigenvalue weighted by Gasteiger charge is 1.71. The Balaban J connectivity index is 0. The molecule has 0 aliphatic heterocycles. The van der Waals surface area contributed by atoms with Crippen LogP contribution in [0.5, 0.6) is 0 Å². The van der Waals surface area contributed by atoms with Crippen LogP contribution in [0.1, 0.15) is 34.1 Å². The molecule has 0 N–H and O–H groups in total. The van der Waals surface area contributed by atoms with Crippen LogP contribution in [0.4, 0.5) is 0 Å². The fourth-order valence-electron chi connectivity index (χ4n) is 0.504. The van der Waals surface area contributed by atoms with Gasteiger partial charge in [-0.25, -0.2) is 0 Å². The van der Waals surface area contributed by atoms with Crippen molar-refractivity contribution in [2.45, 2.75) is 34.1 Å². The molecule has 0 atom stereocenters. The second-order valence-corrected chi connectivity index (χ2v) is 2.35. The van der Waals surface area contributed by atoms with Gasteiger partial charge in [-0.2, -0.15) is 0 Å². The third-order valence-electron chi connectivity index (χ3n) is 0.810. The maximum Gasteiger partial charge on any atom is -0.0398 e. The Morgan fingerprint density at radius 2 is 1.82 bits per heavy atom. The monoisotopic (exact) mass is 152 g/mol. The molecule has 0 radical (unpaired) electrons. The van der Waals surface area contributed by atoms with Gasteiger partial charge in [0.25, 0.3) is 0 Å². The summed E-state index contributed by atoms with van der Waals surface area (Å²) >= 11 is 0. The molecule has 0 amide bonds. The van der Waals surface area contributed by atoms with Crippen molar-refractivity contribution in [3.8, 4) is 0 Å². The smallest absolute Gasteiger partial charge is 0.0398 e. The van der Waals surface area contributed by atoms with Gasteiger partial charge in [0.05, 0.1) is 0 Å². The Bertz CT molecular complexity index is 127. The predicted molar refractivity (Wildman–Crippen MR) is 54.7 cm³/mol. The molecule has 0 aromatic heterocycles. The number of hydrogen-bond acceptors (Lipinski definition) is 0. The molecular formula is C11H20. The molecule has 0 heteroatoms. The lowest BCUT2D eigenvalue weighted by Gasteiger charge is -1.82. The van der Waals surface area contributed by atoms with E-state index in [1.807, 2.05) is 32.1 Å². The Morgan fingerprint density at radius 3 is 2.09 bits per heavy atom. The average Bonchev–Trinajstić information content (AvgIpc) is 1.90. The normalized spacial score (nSPS) is 10.7. The third kappa shape index (κ3) is 17.6. The molecule has 0 saturated heterocycles. The zero-order valence-electron chi connectivity index (χ0n) is 8.22. The highest BCUT2D eigenvalue weighted by Crippen LogP contribution is 1.92. The summed E-state index contributed by atoms with van der Waals surface area (Å²) in [6, 6.07) is 0. The Labute approximate surface area is 71.3 Å². The molecule has 0 aliphatic rings. The van der Waals surface area contributed by atoms with E-state index in [-0.39, 0.29) is 0 Å². The van der Waals surface area contributed by atoms with Crippen LogP contribution in [0.25, 0.3) is 0 Å². The fraction of sp³-hybridized carbons (Fsp3) is 0.455. The summed E-state index contributed by atoms with van der Waals surface area (Å²) in [4.78, 5) is 0. The van der Waals surface area contributed by atoms with E-state index in [1.165, 1.54) is 12.0 Å². The SMILES string of the molecule is C=C/C=C(C)\C=C/C.CCC. The maximum atomic E-state index is 3.57. The first-order valence-electron chi connectivity index (χ1n) is 4.14. The van der Waals surface area contributed by atoms with E-state index in [9.17, 15) is 0 Å². The second kappa shape index (κ2) is 12.0. The number of allylic oxidation sites excluding steroid dienone is 5. The Hall–Kier alpha value is -0.780. The van der Waals surface area contributed by atoms with E-state index in [0.717, 1.165) is 0 Å². The van der Waals surface area contributed by atoms with Gasteiger partial charge in [-0.3, -0.25) is 0 Å². The van der Waals surface area contributed by atoms with E-state index >= 15 is 0 Å². The molecular weight excluding hydrogens is 132 g/mol. The summed E-state index contributed by atoms with van der Waals surface area (Å²) in [7, 11) is 0. The molecule has 0 aliphatic carbocycles. The topological polar surface area (TPSA) is 0 Å². The zero-order valence-corrected chi connectivity index (χ0v) is 8.22. The van der Waals surface area contributed by atoms with Crippen LogP contribution >= 0.6 is 0 Å². The van der Waals surface area contributed by atoms with Gasteiger partial charge >= 0.3 is 0 Å². The van der Waals surface area contributed by atoms with Crippen molar-refractivity contribution in [2.24, 2.45) is 0 Å². The predicted octanol–water partition coefficient (Wildman–Crippen LogP) is 4.11. The molecule has 0 unspecified atom stereocenters. The fourth-order valence-corrected chi connectivity index (χ4v) is 0.504. The van der Waals surface area contributed by atoms with Gasteiger partial charge in [0.2, 0.25) is 0 Å². The molecule has 0 heterocycles. The average molecular weight is 152 g/mol. The summed E-state index contributed by atoms with van der Waals surface area (Å²) < 4.78 is 0. The molecule has 0 fully saturated rings. The van der Waals surface area contributed by atoms with Crippen LogP contribution in [0.15, 0.2) is 36.5 Å². The standard InChI is InChI=1S/C8H12.C3H8/c1-4-6-8(3)7-5-2;1-3-2/h4-7H,1H2,2-3H3;3H2,1-2H3/b7-5-,8-6-;. The van der Waals surface area contributed by atoms with Crippen LogP contribution in [-0.4, -0.2) is 0 Å². The van der Waals surface area contributed by atoms with Gasteiger partial charge < -0.3 is 0 Å². The minimum Gasteiger partial charge on any atom is -0.0991 e. The van der Waals surface area contributed by atoms with Crippen molar-refractivity contribution >= 4 is 0 Å². The molecule has 0 nitrogen and oxygen atoms in total. The summed E-state index contributed by atoms with van der Waals surface area (Å²) in [6.07, 6.45) is 9.06. The van der Waals surface area contributed by atoms with Crippen LogP contribution in [0.2, 0.25) is 0 Å². The van der Waals surface area contributed by atoms with Crippen molar-refractivity contribution in [1.29, 1.82) is 0 Å². The first-order valence-corrected chi connectivity index (χ1v) is 4.14. The first kappa shape index (κ1) is 12.9. The highest BCUT2D eigenvalue weighted by atomic mass is 13.8. The molecule has 64 valence electrons.